The molecule has 0 N–H and O–H groups in total. The van der Waals surface area contributed by atoms with E-state index in [9.17, 15) is 13.9 Å². The van der Waals surface area contributed by atoms with Gasteiger partial charge in [0.05, 0.1) is 5.60 Å². The molecule has 1 radical (unpaired) electrons. The van der Waals surface area contributed by atoms with E-state index in [1.807, 2.05) is 0 Å². The van der Waals surface area contributed by atoms with Gasteiger partial charge in [0.15, 0.2) is 0 Å². The zero-order valence-electron chi connectivity index (χ0n) is 5.57. The molecule has 0 aromatic carbocycles. The second-order valence-electron chi connectivity index (χ2n) is 2.68. The third-order valence-electron chi connectivity index (χ3n) is 0.425. The van der Waals surface area contributed by atoms with Crippen LogP contribution in [0.1, 0.15) is 20.8 Å². The molecule has 0 aromatic heterocycles. The van der Waals surface area contributed by atoms with Gasteiger partial charge in [-0.3, -0.25) is 4.74 Å². The van der Waals surface area contributed by atoms with E-state index >= 15 is 0 Å². The number of alkyl halides is 2. The van der Waals surface area contributed by atoms with Gasteiger partial charge in [-0.15, -0.1) is 13.9 Å². The van der Waals surface area contributed by atoms with Crippen molar-refractivity contribution in [1.29, 1.82) is 0 Å². The molecule has 0 atom stereocenters. The monoisotopic (exact) mass is 139 g/mol. The van der Waals surface area contributed by atoms with Crippen molar-refractivity contribution in [1.82, 2.24) is 0 Å². The highest BCUT2D eigenvalue weighted by Crippen LogP contribution is 2.20. The molecule has 0 fully saturated rings. The van der Waals surface area contributed by atoms with E-state index < -0.39 is 11.9 Å². The molecule has 55 valence electrons. The number of hydrogen-bond donors (Lipinski definition) is 0. The molecule has 0 amide bonds. The molecule has 0 spiro atoms. The molecule has 2 nitrogen and oxygen atoms in total. The summed E-state index contributed by atoms with van der Waals surface area (Å²) in [6.07, 6.45) is -4.27. The maximum Gasteiger partial charge on any atom is 0.513 e. The number of halogens is 2. The van der Waals surface area contributed by atoms with E-state index in [0.29, 0.717) is 0 Å². The van der Waals surface area contributed by atoms with Crippen molar-refractivity contribution in [3.8, 4) is 0 Å². The zero-order chi connectivity index (χ0) is 7.71. The Labute approximate surface area is 52.4 Å². The summed E-state index contributed by atoms with van der Waals surface area (Å²) < 4.78 is 26.6. The smallest absolute Gasteiger partial charge is 0.288 e. The first-order chi connectivity index (χ1) is 3.71. The number of ether oxygens (including phenoxy) is 1. The van der Waals surface area contributed by atoms with Crippen LogP contribution in [0.4, 0.5) is 8.78 Å². The van der Waals surface area contributed by atoms with Crippen molar-refractivity contribution in [3.63, 3.8) is 0 Å². The Kier molecular flexibility index (Phi) is 2.14. The van der Waals surface area contributed by atoms with Crippen molar-refractivity contribution in [2.75, 3.05) is 0 Å². The highest BCUT2D eigenvalue weighted by Gasteiger charge is 2.34. The van der Waals surface area contributed by atoms with Crippen LogP contribution in [-0.4, -0.2) is 11.9 Å². The summed E-state index contributed by atoms with van der Waals surface area (Å²) >= 11 is 0. The van der Waals surface area contributed by atoms with Crippen LogP contribution in [0.3, 0.4) is 0 Å². The second-order valence-corrected chi connectivity index (χ2v) is 2.68. The van der Waals surface area contributed by atoms with Crippen LogP contribution >= 0.6 is 0 Å². The quantitative estimate of drug-likeness (QED) is 0.509. The molecule has 0 rings (SSSR count). The standard InChI is InChI=1S/C5H9F2O2/c1-4(2,3)9-5(6,7)8/h1-3H3. The van der Waals surface area contributed by atoms with Crippen molar-refractivity contribution in [2.24, 2.45) is 0 Å². The maximum absolute atomic E-state index is 11.4. The van der Waals surface area contributed by atoms with Gasteiger partial charge in [-0.1, -0.05) is 0 Å². The highest BCUT2D eigenvalue weighted by molar-refractivity contribution is 4.58. The summed E-state index contributed by atoms with van der Waals surface area (Å²) in [5.74, 6) is 0. The summed E-state index contributed by atoms with van der Waals surface area (Å²) in [6, 6.07) is 0. The van der Waals surface area contributed by atoms with Crippen LogP contribution in [0, 0.1) is 0 Å². The lowest BCUT2D eigenvalue weighted by atomic mass is 10.2. The average molecular weight is 139 g/mol. The molecule has 0 unspecified atom stereocenters. The van der Waals surface area contributed by atoms with Crippen molar-refractivity contribution >= 4 is 0 Å². The molecule has 0 aliphatic heterocycles. The Morgan fingerprint density at radius 2 is 1.56 bits per heavy atom. The number of rotatable bonds is 1. The molecule has 0 heterocycles. The molecule has 9 heavy (non-hydrogen) atoms. The first-order valence-corrected chi connectivity index (χ1v) is 2.49. The SMILES string of the molecule is CC(C)(C)OC([O])(F)F. The molecular weight excluding hydrogens is 130 g/mol. The summed E-state index contributed by atoms with van der Waals surface area (Å²) in [6.45, 7) is 4.16. The molecule has 0 aromatic rings. The van der Waals surface area contributed by atoms with Crippen molar-refractivity contribution < 1.29 is 18.6 Å². The van der Waals surface area contributed by atoms with Crippen LogP contribution in [0.2, 0.25) is 0 Å². The predicted molar refractivity (Wildman–Crippen MR) is 26.5 cm³/mol. The largest absolute Gasteiger partial charge is 0.513 e. The zero-order valence-corrected chi connectivity index (χ0v) is 5.57. The van der Waals surface area contributed by atoms with Gasteiger partial charge in [0.25, 0.3) is 0 Å². The Morgan fingerprint density at radius 3 is 1.56 bits per heavy atom. The number of hydrogen-bond acceptors (Lipinski definition) is 1. The summed E-state index contributed by atoms with van der Waals surface area (Å²) in [5.41, 5.74) is -1.08. The fourth-order valence-corrected chi connectivity index (χ4v) is 0.356. The lowest BCUT2D eigenvalue weighted by Gasteiger charge is -2.20. The lowest BCUT2D eigenvalue weighted by Crippen LogP contribution is -2.30. The minimum atomic E-state index is -4.27. The first-order valence-electron chi connectivity index (χ1n) is 2.49. The third kappa shape index (κ3) is 7.78. The Balaban J connectivity index is 3.75. The van der Waals surface area contributed by atoms with Crippen molar-refractivity contribution in [2.45, 2.75) is 32.7 Å². The third-order valence-corrected chi connectivity index (χ3v) is 0.425. The van der Waals surface area contributed by atoms with Crippen LogP contribution in [0.5, 0.6) is 0 Å². The normalized spacial score (nSPS) is 14.0. The van der Waals surface area contributed by atoms with Gasteiger partial charge in [-0.2, -0.15) is 0 Å². The van der Waals surface area contributed by atoms with E-state index in [0.717, 1.165) is 0 Å². The van der Waals surface area contributed by atoms with Gasteiger partial charge in [-0.25, -0.2) is 0 Å². The fraction of sp³-hybridized carbons (Fsp3) is 1.00. The van der Waals surface area contributed by atoms with Gasteiger partial charge in [0.2, 0.25) is 0 Å². The van der Waals surface area contributed by atoms with E-state index in [2.05, 4.69) is 4.74 Å². The summed E-state index contributed by atoms with van der Waals surface area (Å²) in [7, 11) is 0. The predicted octanol–water partition coefficient (Wildman–Crippen LogP) is 1.78. The maximum atomic E-state index is 11.4. The Morgan fingerprint density at radius 1 is 1.22 bits per heavy atom. The van der Waals surface area contributed by atoms with Gasteiger partial charge in [-0.05, 0) is 20.8 Å². The summed E-state index contributed by atoms with van der Waals surface area (Å²) in [5, 5.41) is 9.56. The van der Waals surface area contributed by atoms with E-state index in [1.165, 1.54) is 20.8 Å². The van der Waals surface area contributed by atoms with E-state index in [4.69, 9.17) is 0 Å². The van der Waals surface area contributed by atoms with Crippen LogP contribution in [0.15, 0.2) is 0 Å². The van der Waals surface area contributed by atoms with Gasteiger partial charge >= 0.3 is 6.29 Å². The van der Waals surface area contributed by atoms with Gasteiger partial charge in [0, 0.05) is 0 Å². The molecule has 0 saturated heterocycles. The molecule has 4 heteroatoms. The fourth-order valence-electron chi connectivity index (χ4n) is 0.356. The topological polar surface area (TPSA) is 29.1 Å². The minimum Gasteiger partial charge on any atom is -0.288 e. The summed E-state index contributed by atoms with van der Waals surface area (Å²) in [4.78, 5) is 0. The molecule has 0 aliphatic rings. The first kappa shape index (κ1) is 8.78. The second kappa shape index (κ2) is 2.19. The lowest BCUT2D eigenvalue weighted by molar-refractivity contribution is -0.425. The average Bonchev–Trinajstić information content (AvgIpc) is 1.14. The minimum absolute atomic E-state index is 1.08. The Bertz CT molecular complexity index is 78.1. The molecule has 0 aliphatic carbocycles. The highest BCUT2D eigenvalue weighted by atomic mass is 19.3. The van der Waals surface area contributed by atoms with Crippen LogP contribution < -0.4 is 0 Å². The molecule has 0 saturated carbocycles. The van der Waals surface area contributed by atoms with E-state index in [1.54, 1.807) is 0 Å². The molecular formula is C5H9F2O2. The van der Waals surface area contributed by atoms with Crippen LogP contribution in [-0.2, 0) is 9.84 Å². The van der Waals surface area contributed by atoms with Gasteiger partial charge < -0.3 is 0 Å². The molecule has 0 bridgehead atoms. The van der Waals surface area contributed by atoms with Crippen molar-refractivity contribution in [3.05, 3.63) is 0 Å². The Hall–Kier alpha value is -0.220. The van der Waals surface area contributed by atoms with Gasteiger partial charge in [0.1, 0.15) is 0 Å². The van der Waals surface area contributed by atoms with Crippen LogP contribution in [0.25, 0.3) is 0 Å². The van der Waals surface area contributed by atoms with E-state index in [-0.39, 0.29) is 0 Å².